The third-order valence-corrected chi connectivity index (χ3v) is 6.82. The number of benzene rings is 1. The van der Waals surface area contributed by atoms with Crippen molar-refractivity contribution in [1.29, 1.82) is 0 Å². The zero-order valence-corrected chi connectivity index (χ0v) is 14.1. The molecule has 1 aromatic rings. The third kappa shape index (κ3) is 2.84. The van der Waals surface area contributed by atoms with Gasteiger partial charge in [-0.1, -0.05) is 6.07 Å². The Balaban J connectivity index is 0.00000161. The van der Waals surface area contributed by atoms with Gasteiger partial charge < -0.3 is 5.73 Å². The van der Waals surface area contributed by atoms with E-state index in [0.29, 0.717) is 29.8 Å². The molecule has 3 rings (SSSR count). The number of hydrogen-bond donors (Lipinski definition) is 1. The lowest BCUT2D eigenvalue weighted by atomic mass is 9.98. The van der Waals surface area contributed by atoms with E-state index < -0.39 is 10.0 Å². The summed E-state index contributed by atoms with van der Waals surface area (Å²) >= 11 is 0. The van der Waals surface area contributed by atoms with Gasteiger partial charge in [-0.15, -0.1) is 12.4 Å². The monoisotopic (exact) mass is 330 g/mol. The molecule has 0 amide bonds. The largest absolute Gasteiger partial charge is 0.327 e. The number of nitrogens with two attached hydrogens (primary N) is 1. The molecule has 2 N–H and O–H groups in total. The van der Waals surface area contributed by atoms with Crippen LogP contribution in [-0.4, -0.2) is 31.9 Å². The lowest BCUT2D eigenvalue weighted by molar-refractivity contribution is 0.427. The van der Waals surface area contributed by atoms with E-state index in [4.69, 9.17) is 5.73 Å². The van der Waals surface area contributed by atoms with Gasteiger partial charge in [0, 0.05) is 19.1 Å². The van der Waals surface area contributed by atoms with Gasteiger partial charge in [-0.05, 0) is 61.8 Å². The Hall–Kier alpha value is -0.620. The van der Waals surface area contributed by atoms with Crippen LogP contribution in [0, 0.1) is 25.7 Å². The molecule has 1 aromatic carbocycles. The maximum Gasteiger partial charge on any atom is 0.243 e. The first-order valence-electron chi connectivity index (χ1n) is 7.22. The third-order valence-electron chi connectivity index (χ3n) is 4.99. The summed E-state index contributed by atoms with van der Waals surface area (Å²) in [6, 6.07) is 5.54. The molecule has 118 valence electrons. The van der Waals surface area contributed by atoms with Crippen molar-refractivity contribution in [3.63, 3.8) is 0 Å². The van der Waals surface area contributed by atoms with E-state index in [2.05, 4.69) is 0 Å². The lowest BCUT2D eigenvalue weighted by Crippen LogP contribution is -2.33. The standard InChI is InChI=1S/C15H22N2O2S.ClH/c1-10-3-5-13(7-11(10)2)20(18,19)17-8-12-4-6-15(16)14(12)9-17;/h3,5,7,12,14-15H,4,6,8-9,16H2,1-2H3;1H. The van der Waals surface area contributed by atoms with Gasteiger partial charge in [-0.2, -0.15) is 4.31 Å². The molecule has 4 nitrogen and oxygen atoms in total. The first kappa shape index (κ1) is 16.7. The minimum Gasteiger partial charge on any atom is -0.327 e. The Kier molecular flexibility index (Phi) is 4.69. The van der Waals surface area contributed by atoms with Crippen molar-refractivity contribution in [2.45, 2.75) is 37.6 Å². The molecule has 1 aliphatic carbocycles. The number of sulfonamides is 1. The predicted molar refractivity (Wildman–Crippen MR) is 86.1 cm³/mol. The SMILES string of the molecule is Cc1ccc(S(=O)(=O)N2CC3CCC(N)C3C2)cc1C.Cl. The molecule has 3 atom stereocenters. The Labute approximate surface area is 133 Å². The fourth-order valence-electron chi connectivity index (χ4n) is 3.49. The average Bonchev–Trinajstić information content (AvgIpc) is 2.96. The number of nitrogens with zero attached hydrogens (tertiary/aromatic N) is 1. The summed E-state index contributed by atoms with van der Waals surface area (Å²) in [5, 5.41) is 0. The Morgan fingerprint density at radius 3 is 2.48 bits per heavy atom. The quantitative estimate of drug-likeness (QED) is 0.903. The highest BCUT2D eigenvalue weighted by molar-refractivity contribution is 7.89. The van der Waals surface area contributed by atoms with Crippen LogP contribution in [0.1, 0.15) is 24.0 Å². The van der Waals surface area contributed by atoms with Crippen LogP contribution in [0.25, 0.3) is 0 Å². The van der Waals surface area contributed by atoms with Crippen LogP contribution >= 0.6 is 12.4 Å². The minimum atomic E-state index is -3.37. The molecule has 2 fully saturated rings. The Morgan fingerprint density at radius 2 is 1.86 bits per heavy atom. The fraction of sp³-hybridized carbons (Fsp3) is 0.600. The number of hydrogen-bond acceptors (Lipinski definition) is 3. The Bertz CT molecular complexity index is 633. The molecule has 21 heavy (non-hydrogen) atoms. The average molecular weight is 331 g/mol. The second-order valence-electron chi connectivity index (χ2n) is 6.23. The van der Waals surface area contributed by atoms with E-state index in [0.717, 1.165) is 24.0 Å². The lowest BCUT2D eigenvalue weighted by Gasteiger charge is -2.19. The van der Waals surface area contributed by atoms with E-state index in [-0.39, 0.29) is 18.4 Å². The summed E-state index contributed by atoms with van der Waals surface area (Å²) in [6.45, 7) is 5.16. The minimum absolute atomic E-state index is 0. The van der Waals surface area contributed by atoms with E-state index in [1.807, 2.05) is 19.9 Å². The molecule has 0 aromatic heterocycles. The van der Waals surface area contributed by atoms with Gasteiger partial charge >= 0.3 is 0 Å². The van der Waals surface area contributed by atoms with Crippen molar-refractivity contribution in [2.75, 3.05) is 13.1 Å². The second kappa shape index (κ2) is 5.88. The number of rotatable bonds is 2. The first-order valence-corrected chi connectivity index (χ1v) is 8.66. The summed E-state index contributed by atoms with van der Waals surface area (Å²) in [5.74, 6) is 0.794. The summed E-state index contributed by atoms with van der Waals surface area (Å²) in [5.41, 5.74) is 8.22. The summed E-state index contributed by atoms with van der Waals surface area (Å²) in [7, 11) is -3.37. The van der Waals surface area contributed by atoms with E-state index in [9.17, 15) is 8.42 Å². The first-order chi connectivity index (χ1) is 9.39. The van der Waals surface area contributed by atoms with Crippen LogP contribution in [0.4, 0.5) is 0 Å². The van der Waals surface area contributed by atoms with Crippen molar-refractivity contribution in [2.24, 2.45) is 17.6 Å². The molecular formula is C15H23ClN2O2S. The summed E-state index contributed by atoms with van der Waals surface area (Å²) < 4.78 is 27.1. The maximum absolute atomic E-state index is 12.7. The molecule has 1 saturated carbocycles. The van der Waals surface area contributed by atoms with Crippen LogP contribution < -0.4 is 5.73 Å². The second-order valence-corrected chi connectivity index (χ2v) is 8.17. The molecule has 0 bridgehead atoms. The molecular weight excluding hydrogens is 308 g/mol. The highest BCUT2D eigenvalue weighted by Gasteiger charge is 2.45. The van der Waals surface area contributed by atoms with Crippen molar-refractivity contribution < 1.29 is 8.42 Å². The van der Waals surface area contributed by atoms with Gasteiger partial charge in [0.15, 0.2) is 0 Å². The smallest absolute Gasteiger partial charge is 0.243 e. The number of fused-ring (bicyclic) bond motifs is 1. The molecule has 1 aliphatic heterocycles. The predicted octanol–water partition coefficient (Wildman–Crippen LogP) is 2.08. The van der Waals surface area contributed by atoms with Gasteiger partial charge in [-0.25, -0.2) is 8.42 Å². The topological polar surface area (TPSA) is 63.4 Å². The van der Waals surface area contributed by atoms with Crippen molar-refractivity contribution in [3.05, 3.63) is 29.3 Å². The molecule has 0 radical (unpaired) electrons. The molecule has 3 unspecified atom stereocenters. The van der Waals surface area contributed by atoms with Gasteiger partial charge in [0.1, 0.15) is 0 Å². The molecule has 0 spiro atoms. The van der Waals surface area contributed by atoms with Crippen molar-refractivity contribution >= 4 is 22.4 Å². The van der Waals surface area contributed by atoms with Crippen LogP contribution in [-0.2, 0) is 10.0 Å². The van der Waals surface area contributed by atoms with Gasteiger partial charge in [0.05, 0.1) is 4.90 Å². The highest BCUT2D eigenvalue weighted by atomic mass is 35.5. The van der Waals surface area contributed by atoms with Crippen LogP contribution in [0.15, 0.2) is 23.1 Å². The normalized spacial score (nSPS) is 29.2. The van der Waals surface area contributed by atoms with Crippen molar-refractivity contribution in [1.82, 2.24) is 4.31 Å². The van der Waals surface area contributed by atoms with Crippen LogP contribution in [0.5, 0.6) is 0 Å². The number of aryl methyl sites for hydroxylation is 2. The fourth-order valence-corrected chi connectivity index (χ4v) is 5.11. The molecule has 2 aliphatic rings. The van der Waals surface area contributed by atoms with Gasteiger partial charge in [0.25, 0.3) is 0 Å². The maximum atomic E-state index is 12.7. The van der Waals surface area contributed by atoms with E-state index >= 15 is 0 Å². The summed E-state index contributed by atoms with van der Waals surface area (Å²) in [4.78, 5) is 0.411. The summed E-state index contributed by atoms with van der Waals surface area (Å²) in [6.07, 6.45) is 2.09. The van der Waals surface area contributed by atoms with Crippen molar-refractivity contribution in [3.8, 4) is 0 Å². The zero-order chi connectivity index (χ0) is 14.5. The van der Waals surface area contributed by atoms with E-state index in [1.165, 1.54) is 0 Å². The van der Waals surface area contributed by atoms with Crippen LogP contribution in [0.2, 0.25) is 0 Å². The molecule has 1 saturated heterocycles. The van der Waals surface area contributed by atoms with Gasteiger partial charge in [-0.3, -0.25) is 0 Å². The molecule has 1 heterocycles. The van der Waals surface area contributed by atoms with Crippen LogP contribution in [0.3, 0.4) is 0 Å². The molecule has 6 heteroatoms. The zero-order valence-electron chi connectivity index (χ0n) is 12.5. The van der Waals surface area contributed by atoms with Gasteiger partial charge in [0.2, 0.25) is 10.0 Å². The van der Waals surface area contributed by atoms with E-state index in [1.54, 1.807) is 16.4 Å². The Morgan fingerprint density at radius 1 is 1.14 bits per heavy atom. The number of halogens is 1. The highest BCUT2D eigenvalue weighted by Crippen LogP contribution is 2.39.